The van der Waals surface area contributed by atoms with Crippen LogP contribution in [0.2, 0.25) is 0 Å². The van der Waals surface area contributed by atoms with Crippen molar-refractivity contribution in [2.45, 2.75) is 39.0 Å². The van der Waals surface area contributed by atoms with Gasteiger partial charge in [0.05, 0.1) is 12.8 Å². The van der Waals surface area contributed by atoms with Gasteiger partial charge in [-0.25, -0.2) is 0 Å². The van der Waals surface area contributed by atoms with Gasteiger partial charge in [0.1, 0.15) is 11.4 Å². The van der Waals surface area contributed by atoms with Crippen LogP contribution in [0.1, 0.15) is 58.5 Å². The molecule has 0 saturated carbocycles. The van der Waals surface area contributed by atoms with Crippen molar-refractivity contribution in [3.63, 3.8) is 0 Å². The second kappa shape index (κ2) is 9.87. The number of ether oxygens (including phenoxy) is 1. The molecule has 0 bridgehead atoms. The van der Waals surface area contributed by atoms with E-state index in [2.05, 4.69) is 21.7 Å². The predicted molar refractivity (Wildman–Crippen MR) is 113 cm³/mol. The molecule has 1 aromatic carbocycles. The molecular formula is C23H27N3O3. The number of aromatic nitrogens is 1. The Morgan fingerprint density at radius 1 is 1.14 bits per heavy atom. The molecule has 6 heteroatoms. The van der Waals surface area contributed by atoms with Gasteiger partial charge in [0, 0.05) is 18.3 Å². The van der Waals surface area contributed by atoms with E-state index in [1.807, 2.05) is 19.1 Å². The highest BCUT2D eigenvalue weighted by Gasteiger charge is 2.14. The van der Waals surface area contributed by atoms with E-state index in [0.717, 1.165) is 24.8 Å². The van der Waals surface area contributed by atoms with Gasteiger partial charge in [0.15, 0.2) is 0 Å². The molecule has 1 heterocycles. The largest absolute Gasteiger partial charge is 0.495 e. The Labute approximate surface area is 171 Å². The van der Waals surface area contributed by atoms with Crippen LogP contribution in [0, 0.1) is 6.92 Å². The fourth-order valence-electron chi connectivity index (χ4n) is 3.37. The van der Waals surface area contributed by atoms with Crippen LogP contribution in [-0.4, -0.2) is 30.5 Å². The van der Waals surface area contributed by atoms with Crippen molar-refractivity contribution in [3.8, 4) is 5.75 Å². The quantitative estimate of drug-likeness (QED) is 0.689. The zero-order valence-corrected chi connectivity index (χ0v) is 17.0. The van der Waals surface area contributed by atoms with Crippen molar-refractivity contribution < 1.29 is 14.3 Å². The van der Waals surface area contributed by atoms with Gasteiger partial charge in [-0.1, -0.05) is 17.7 Å². The number of amides is 2. The number of nitrogens with one attached hydrogen (secondary N) is 2. The molecule has 1 aliphatic carbocycles. The third-order valence-corrected chi connectivity index (χ3v) is 4.97. The van der Waals surface area contributed by atoms with E-state index in [1.54, 1.807) is 19.2 Å². The van der Waals surface area contributed by atoms with E-state index < -0.39 is 0 Å². The minimum atomic E-state index is -0.322. The number of carbonyl (C=O) groups is 2. The molecule has 3 rings (SSSR count). The molecule has 0 aliphatic heterocycles. The number of methoxy groups -OCH3 is 1. The molecule has 6 nitrogen and oxygen atoms in total. The van der Waals surface area contributed by atoms with Gasteiger partial charge in [-0.05, 0) is 68.9 Å². The first-order chi connectivity index (χ1) is 14.1. The second-order valence-corrected chi connectivity index (χ2v) is 7.20. The van der Waals surface area contributed by atoms with Crippen LogP contribution in [0.3, 0.4) is 0 Å². The Morgan fingerprint density at radius 3 is 2.76 bits per heavy atom. The molecule has 2 N–H and O–H groups in total. The standard InChI is InChI=1S/C23H27N3O3/c1-16-8-9-21(29-2)19(14-16)26-22(27)18-11-13-24-20(15-18)23(28)25-12-10-17-6-4-3-5-7-17/h6,8-9,11,13-15H,3-5,7,10,12H2,1-2H3,(H,25,28)(H,26,27). The Kier molecular flexibility index (Phi) is 7.00. The van der Waals surface area contributed by atoms with Crippen molar-refractivity contribution in [2.75, 3.05) is 19.0 Å². The van der Waals surface area contributed by atoms with Crippen molar-refractivity contribution in [1.29, 1.82) is 0 Å². The van der Waals surface area contributed by atoms with Crippen molar-refractivity contribution in [3.05, 3.63) is 65.0 Å². The molecule has 1 aliphatic rings. The molecule has 152 valence electrons. The maximum Gasteiger partial charge on any atom is 0.269 e. The van der Waals surface area contributed by atoms with Crippen LogP contribution < -0.4 is 15.4 Å². The summed E-state index contributed by atoms with van der Waals surface area (Å²) in [5, 5.41) is 5.73. The minimum absolute atomic E-state index is 0.228. The van der Waals surface area contributed by atoms with E-state index in [-0.39, 0.29) is 17.5 Å². The van der Waals surface area contributed by atoms with Crippen molar-refractivity contribution in [2.24, 2.45) is 0 Å². The predicted octanol–water partition coefficient (Wildman–Crippen LogP) is 4.27. The number of allylic oxidation sites excluding steroid dienone is 1. The van der Waals surface area contributed by atoms with Gasteiger partial charge in [-0.2, -0.15) is 0 Å². The van der Waals surface area contributed by atoms with Gasteiger partial charge in [0.25, 0.3) is 11.8 Å². The van der Waals surface area contributed by atoms with Crippen LogP contribution in [0.5, 0.6) is 5.75 Å². The molecular weight excluding hydrogens is 366 g/mol. The van der Waals surface area contributed by atoms with Gasteiger partial charge in [-0.15, -0.1) is 0 Å². The third-order valence-electron chi connectivity index (χ3n) is 4.97. The summed E-state index contributed by atoms with van der Waals surface area (Å²) in [5.74, 6) is -0.0186. The highest BCUT2D eigenvalue weighted by atomic mass is 16.5. The Bertz CT molecular complexity index is 921. The highest BCUT2D eigenvalue weighted by Crippen LogP contribution is 2.25. The van der Waals surface area contributed by atoms with Crippen LogP contribution in [-0.2, 0) is 0 Å². The topological polar surface area (TPSA) is 80.3 Å². The Hall–Kier alpha value is -3.15. The Balaban J connectivity index is 1.62. The van der Waals surface area contributed by atoms with Gasteiger partial charge in [-0.3, -0.25) is 14.6 Å². The number of anilines is 1. The number of rotatable bonds is 7. The van der Waals surface area contributed by atoms with Gasteiger partial charge >= 0.3 is 0 Å². The molecule has 0 fully saturated rings. The fourth-order valence-corrected chi connectivity index (χ4v) is 3.37. The molecule has 2 amide bonds. The molecule has 0 radical (unpaired) electrons. The Morgan fingerprint density at radius 2 is 2.00 bits per heavy atom. The second-order valence-electron chi connectivity index (χ2n) is 7.20. The van der Waals surface area contributed by atoms with Crippen molar-refractivity contribution >= 4 is 17.5 Å². The van der Waals surface area contributed by atoms with E-state index in [0.29, 0.717) is 23.5 Å². The SMILES string of the molecule is COc1ccc(C)cc1NC(=O)c1ccnc(C(=O)NCCC2=CCCCC2)c1. The first-order valence-corrected chi connectivity index (χ1v) is 9.95. The number of pyridine rings is 1. The van der Waals surface area contributed by atoms with Crippen LogP contribution in [0.15, 0.2) is 48.2 Å². The van der Waals surface area contributed by atoms with E-state index in [9.17, 15) is 9.59 Å². The lowest BCUT2D eigenvalue weighted by molar-refractivity contribution is 0.0949. The molecule has 2 aromatic rings. The number of benzene rings is 1. The summed E-state index contributed by atoms with van der Waals surface area (Å²) in [7, 11) is 1.55. The highest BCUT2D eigenvalue weighted by molar-refractivity contribution is 6.06. The van der Waals surface area contributed by atoms with E-state index in [1.165, 1.54) is 30.7 Å². The van der Waals surface area contributed by atoms with E-state index in [4.69, 9.17) is 4.74 Å². The molecule has 0 saturated heterocycles. The first-order valence-electron chi connectivity index (χ1n) is 9.95. The molecule has 1 aromatic heterocycles. The summed E-state index contributed by atoms with van der Waals surface area (Å²) in [4.78, 5) is 29.2. The molecule has 0 atom stereocenters. The lowest BCUT2D eigenvalue weighted by Crippen LogP contribution is -2.26. The van der Waals surface area contributed by atoms with Gasteiger partial charge in [0.2, 0.25) is 0 Å². The lowest BCUT2D eigenvalue weighted by Gasteiger charge is -2.13. The number of hydrogen-bond acceptors (Lipinski definition) is 4. The third kappa shape index (κ3) is 5.67. The van der Waals surface area contributed by atoms with Crippen molar-refractivity contribution in [1.82, 2.24) is 10.3 Å². The maximum atomic E-state index is 12.7. The normalized spacial score (nSPS) is 13.4. The average Bonchev–Trinajstić information content (AvgIpc) is 2.74. The zero-order chi connectivity index (χ0) is 20.6. The first kappa shape index (κ1) is 20.6. The zero-order valence-electron chi connectivity index (χ0n) is 17.0. The molecule has 0 spiro atoms. The summed E-state index contributed by atoms with van der Waals surface area (Å²) in [6.07, 6.45) is 9.34. The monoisotopic (exact) mass is 393 g/mol. The molecule has 29 heavy (non-hydrogen) atoms. The average molecular weight is 393 g/mol. The molecule has 0 unspecified atom stereocenters. The van der Waals surface area contributed by atoms with Crippen LogP contribution in [0.25, 0.3) is 0 Å². The number of aryl methyl sites for hydroxylation is 1. The fraction of sp³-hybridized carbons (Fsp3) is 0.348. The summed E-state index contributed by atoms with van der Waals surface area (Å²) in [5.41, 5.74) is 3.59. The minimum Gasteiger partial charge on any atom is -0.495 e. The summed E-state index contributed by atoms with van der Waals surface area (Å²) < 4.78 is 5.30. The van der Waals surface area contributed by atoms with E-state index >= 15 is 0 Å². The number of carbonyl (C=O) groups excluding carboxylic acids is 2. The lowest BCUT2D eigenvalue weighted by atomic mass is 9.97. The summed E-state index contributed by atoms with van der Waals surface area (Å²) in [6.45, 7) is 2.51. The van der Waals surface area contributed by atoms with Crippen LogP contribution in [0.4, 0.5) is 5.69 Å². The summed E-state index contributed by atoms with van der Waals surface area (Å²) >= 11 is 0. The van der Waals surface area contributed by atoms with Gasteiger partial charge < -0.3 is 15.4 Å². The maximum absolute atomic E-state index is 12.7. The summed E-state index contributed by atoms with van der Waals surface area (Å²) in [6, 6.07) is 8.64. The number of nitrogens with zero attached hydrogens (tertiary/aromatic N) is 1. The smallest absolute Gasteiger partial charge is 0.269 e. The van der Waals surface area contributed by atoms with Crippen LogP contribution >= 0.6 is 0 Å². The number of hydrogen-bond donors (Lipinski definition) is 2.